The Labute approximate surface area is 240 Å². The van der Waals surface area contributed by atoms with E-state index in [1.807, 2.05) is 18.2 Å². The molecule has 2 aliphatic rings. The predicted octanol–water partition coefficient (Wildman–Crippen LogP) is 1.37. The fourth-order valence-electron chi connectivity index (χ4n) is 5.03. The van der Waals surface area contributed by atoms with Crippen molar-refractivity contribution in [1.82, 2.24) is 0 Å². The lowest BCUT2D eigenvalue weighted by Crippen LogP contribution is -2.60. The molecule has 12 heteroatoms. The van der Waals surface area contributed by atoms with Gasteiger partial charge in [-0.3, -0.25) is 9.59 Å². The van der Waals surface area contributed by atoms with Crippen LogP contribution in [0.2, 0.25) is 0 Å². The summed E-state index contributed by atoms with van der Waals surface area (Å²) in [5, 5.41) is 48.9. The van der Waals surface area contributed by atoms with Crippen molar-refractivity contribution in [3.8, 4) is 0 Å². The number of aliphatic hydroxyl groups is 3. The third kappa shape index (κ3) is 10.3. The van der Waals surface area contributed by atoms with Crippen molar-refractivity contribution in [3.05, 3.63) is 35.9 Å². The molecule has 0 saturated carbocycles. The van der Waals surface area contributed by atoms with Gasteiger partial charge in [0.05, 0.1) is 18.8 Å². The zero-order chi connectivity index (χ0) is 29.8. The zero-order valence-corrected chi connectivity index (χ0v) is 23.5. The number of hydrogen-bond acceptors (Lipinski definition) is 10. The molecule has 0 bridgehead atoms. The number of carboxylic acids is 2. The second-order valence-electron chi connectivity index (χ2n) is 10.6. The Morgan fingerprint density at radius 3 is 2.37 bits per heavy atom. The molecule has 1 aromatic rings. The summed E-state index contributed by atoms with van der Waals surface area (Å²) in [4.78, 5) is 22.2. The number of ether oxygens (including phenoxy) is 5. The molecule has 12 nitrogen and oxygen atoms in total. The van der Waals surface area contributed by atoms with Crippen LogP contribution in [0, 0.1) is 5.92 Å². The number of carboxylic acid groups (broad SMARTS) is 2. The van der Waals surface area contributed by atoms with E-state index in [-0.39, 0.29) is 19.6 Å². The predicted molar refractivity (Wildman–Crippen MR) is 144 cm³/mol. The Morgan fingerprint density at radius 1 is 0.951 bits per heavy atom. The quantitative estimate of drug-likeness (QED) is 0.131. The fourth-order valence-corrected chi connectivity index (χ4v) is 5.03. The summed E-state index contributed by atoms with van der Waals surface area (Å²) in [7, 11) is 0. The van der Waals surface area contributed by atoms with Crippen LogP contribution in [0.25, 0.3) is 0 Å². The van der Waals surface area contributed by atoms with Crippen LogP contribution in [0.3, 0.4) is 0 Å². The van der Waals surface area contributed by atoms with Gasteiger partial charge in [-0.2, -0.15) is 0 Å². The van der Waals surface area contributed by atoms with Crippen LogP contribution in [-0.4, -0.2) is 113 Å². The SMILES string of the molecule is CC1OC(OC2C(OCCCCC(C(=O)O)C(=O)O)CCOC2COCCCCc2ccccc2)C(O)C(O)C1O. The minimum absolute atomic E-state index is 0.0112. The van der Waals surface area contributed by atoms with Gasteiger partial charge in [-0.25, -0.2) is 0 Å². The minimum Gasteiger partial charge on any atom is -0.481 e. The summed E-state index contributed by atoms with van der Waals surface area (Å²) in [6.07, 6.45) is -3.99. The summed E-state index contributed by atoms with van der Waals surface area (Å²) in [5.41, 5.74) is 1.27. The molecule has 0 aliphatic carbocycles. The minimum atomic E-state index is -1.49. The van der Waals surface area contributed by atoms with Gasteiger partial charge in [0.25, 0.3) is 0 Å². The molecule has 0 radical (unpaired) electrons. The van der Waals surface area contributed by atoms with Gasteiger partial charge in [-0.05, 0) is 57.4 Å². The highest BCUT2D eigenvalue weighted by Crippen LogP contribution is 2.28. The lowest BCUT2D eigenvalue weighted by molar-refractivity contribution is -0.327. The standard InChI is InChI=1S/C29H44O12/c1-18-23(30)24(31)25(32)29(40-18)41-26-21(38-15-8-6-12-20(27(33)34)28(35)36)13-16-39-22(26)17-37-14-7-5-11-19-9-3-2-4-10-19/h2-4,9-10,18,20-26,29-32H,5-8,11-17H2,1H3,(H,33,34)(H,35,36). The third-order valence-electron chi connectivity index (χ3n) is 7.51. The molecule has 232 valence electrons. The second-order valence-corrected chi connectivity index (χ2v) is 10.6. The topological polar surface area (TPSA) is 181 Å². The summed E-state index contributed by atoms with van der Waals surface area (Å²) in [6, 6.07) is 10.2. The van der Waals surface area contributed by atoms with Gasteiger partial charge in [-0.1, -0.05) is 30.3 Å². The first kappa shape index (κ1) is 33.3. The highest BCUT2D eigenvalue weighted by Gasteiger charge is 2.46. The van der Waals surface area contributed by atoms with Gasteiger partial charge in [0.1, 0.15) is 30.5 Å². The van der Waals surface area contributed by atoms with Crippen LogP contribution in [0.15, 0.2) is 30.3 Å². The van der Waals surface area contributed by atoms with E-state index in [0.717, 1.165) is 19.3 Å². The lowest BCUT2D eigenvalue weighted by atomic mass is 9.98. The number of hydrogen-bond donors (Lipinski definition) is 5. The maximum Gasteiger partial charge on any atom is 0.317 e. The Bertz CT molecular complexity index is 900. The van der Waals surface area contributed by atoms with Crippen molar-refractivity contribution in [1.29, 1.82) is 0 Å². The number of benzene rings is 1. The van der Waals surface area contributed by atoms with Crippen LogP contribution in [0.1, 0.15) is 51.0 Å². The maximum absolute atomic E-state index is 11.1. The normalized spacial score (nSPS) is 30.4. The molecule has 41 heavy (non-hydrogen) atoms. The maximum atomic E-state index is 11.1. The zero-order valence-electron chi connectivity index (χ0n) is 23.5. The van der Waals surface area contributed by atoms with Crippen LogP contribution in [0.4, 0.5) is 0 Å². The molecule has 8 unspecified atom stereocenters. The first-order chi connectivity index (χ1) is 19.7. The van der Waals surface area contributed by atoms with E-state index >= 15 is 0 Å². The Hall–Kier alpha value is -2.16. The molecule has 0 aromatic heterocycles. The average molecular weight is 585 g/mol. The highest BCUT2D eigenvalue weighted by molar-refractivity contribution is 5.92. The first-order valence-corrected chi connectivity index (χ1v) is 14.3. The molecule has 2 fully saturated rings. The molecule has 0 spiro atoms. The number of rotatable bonds is 17. The Balaban J connectivity index is 1.54. The largest absolute Gasteiger partial charge is 0.481 e. The van der Waals surface area contributed by atoms with Crippen molar-refractivity contribution in [2.75, 3.05) is 26.4 Å². The van der Waals surface area contributed by atoms with Crippen molar-refractivity contribution in [3.63, 3.8) is 0 Å². The second kappa shape index (κ2) is 17.1. The van der Waals surface area contributed by atoms with Gasteiger partial charge < -0.3 is 49.2 Å². The Morgan fingerprint density at radius 2 is 1.66 bits per heavy atom. The molecule has 0 amide bonds. The van der Waals surface area contributed by atoms with Crippen LogP contribution >= 0.6 is 0 Å². The Kier molecular flexibility index (Phi) is 13.9. The lowest BCUT2D eigenvalue weighted by Gasteiger charge is -2.44. The molecule has 2 aliphatic heterocycles. The van der Waals surface area contributed by atoms with E-state index in [4.69, 9.17) is 33.9 Å². The molecular weight excluding hydrogens is 540 g/mol. The van der Waals surface area contributed by atoms with Crippen LogP contribution in [-0.2, 0) is 39.7 Å². The molecule has 8 atom stereocenters. The molecule has 5 N–H and O–H groups in total. The summed E-state index contributed by atoms with van der Waals surface area (Å²) < 4.78 is 29.7. The number of aliphatic hydroxyl groups excluding tert-OH is 3. The van der Waals surface area contributed by atoms with E-state index in [1.54, 1.807) is 6.92 Å². The van der Waals surface area contributed by atoms with Gasteiger partial charge in [-0.15, -0.1) is 0 Å². The van der Waals surface area contributed by atoms with Crippen LogP contribution < -0.4 is 0 Å². The van der Waals surface area contributed by atoms with Crippen molar-refractivity contribution < 1.29 is 58.8 Å². The molecule has 1 aromatic carbocycles. The van der Waals surface area contributed by atoms with Gasteiger partial charge in [0.15, 0.2) is 12.2 Å². The van der Waals surface area contributed by atoms with Crippen molar-refractivity contribution in [2.45, 2.75) is 101 Å². The fraction of sp³-hybridized carbons (Fsp3) is 0.724. The molecule has 2 heterocycles. The summed E-state index contributed by atoms with van der Waals surface area (Å²) in [6.45, 7) is 2.90. The first-order valence-electron chi connectivity index (χ1n) is 14.3. The molecule has 2 saturated heterocycles. The average Bonchev–Trinajstić information content (AvgIpc) is 2.95. The third-order valence-corrected chi connectivity index (χ3v) is 7.51. The van der Waals surface area contributed by atoms with E-state index < -0.39 is 66.9 Å². The molecular formula is C29H44O12. The number of carbonyl (C=O) groups is 2. The monoisotopic (exact) mass is 584 g/mol. The van der Waals surface area contributed by atoms with E-state index in [9.17, 15) is 24.9 Å². The van der Waals surface area contributed by atoms with E-state index in [2.05, 4.69) is 12.1 Å². The highest BCUT2D eigenvalue weighted by atomic mass is 16.7. The summed E-state index contributed by atoms with van der Waals surface area (Å²) in [5.74, 6) is -4.20. The van der Waals surface area contributed by atoms with Crippen LogP contribution in [0.5, 0.6) is 0 Å². The smallest absolute Gasteiger partial charge is 0.317 e. The van der Waals surface area contributed by atoms with Crippen molar-refractivity contribution in [2.24, 2.45) is 5.92 Å². The van der Waals surface area contributed by atoms with Crippen molar-refractivity contribution >= 4 is 11.9 Å². The number of unbranched alkanes of at least 4 members (excludes halogenated alkanes) is 2. The number of aliphatic carboxylic acids is 2. The van der Waals surface area contributed by atoms with E-state index in [1.165, 1.54) is 5.56 Å². The van der Waals surface area contributed by atoms with Gasteiger partial charge in [0.2, 0.25) is 0 Å². The molecule has 3 rings (SSSR count). The number of aryl methyl sites for hydroxylation is 1. The van der Waals surface area contributed by atoms with Gasteiger partial charge in [0, 0.05) is 19.8 Å². The van der Waals surface area contributed by atoms with E-state index in [0.29, 0.717) is 32.5 Å². The summed E-state index contributed by atoms with van der Waals surface area (Å²) >= 11 is 0. The van der Waals surface area contributed by atoms with Gasteiger partial charge >= 0.3 is 11.9 Å².